The van der Waals surface area contributed by atoms with Crippen LogP contribution >= 0.6 is 0 Å². The molecular formula is C18H18F3N3O3. The molecule has 0 fully saturated rings. The van der Waals surface area contributed by atoms with Gasteiger partial charge in [0.15, 0.2) is 0 Å². The number of nitrogens with zero attached hydrogens (tertiary/aromatic N) is 1. The van der Waals surface area contributed by atoms with Crippen LogP contribution in [-0.4, -0.2) is 17.4 Å². The smallest absolute Gasteiger partial charge is 0.379 e. The number of amides is 1. The number of nitrogens with one attached hydrogen (secondary N) is 2. The second-order valence-electron chi connectivity index (χ2n) is 6.03. The van der Waals surface area contributed by atoms with Crippen LogP contribution in [0.2, 0.25) is 0 Å². The van der Waals surface area contributed by atoms with Crippen molar-refractivity contribution in [1.82, 2.24) is 0 Å². The number of rotatable bonds is 6. The number of halogens is 3. The molecule has 0 saturated carbocycles. The average molecular weight is 381 g/mol. The number of nitro benzene ring substituents is 1. The Labute approximate surface area is 153 Å². The van der Waals surface area contributed by atoms with Crippen molar-refractivity contribution >= 4 is 23.0 Å². The van der Waals surface area contributed by atoms with Crippen LogP contribution in [0.3, 0.4) is 0 Å². The van der Waals surface area contributed by atoms with Crippen molar-refractivity contribution in [3.8, 4) is 0 Å². The van der Waals surface area contributed by atoms with Gasteiger partial charge < -0.3 is 10.6 Å². The molecule has 2 N–H and O–H groups in total. The molecule has 0 aliphatic carbocycles. The first kappa shape index (κ1) is 20.2. The molecule has 0 atom stereocenters. The topological polar surface area (TPSA) is 84.3 Å². The Morgan fingerprint density at radius 1 is 1.11 bits per heavy atom. The number of alkyl halides is 3. The third-order valence-corrected chi connectivity index (χ3v) is 3.86. The summed E-state index contributed by atoms with van der Waals surface area (Å²) in [6.45, 7) is 3.77. The Hall–Kier alpha value is -3.10. The third-order valence-electron chi connectivity index (χ3n) is 3.86. The summed E-state index contributed by atoms with van der Waals surface area (Å²) in [6, 6.07) is 7.82. The Morgan fingerprint density at radius 3 is 2.44 bits per heavy atom. The van der Waals surface area contributed by atoms with Gasteiger partial charge in [0.2, 0.25) is 5.91 Å². The minimum atomic E-state index is -4.67. The van der Waals surface area contributed by atoms with E-state index in [-0.39, 0.29) is 24.6 Å². The van der Waals surface area contributed by atoms with Crippen LogP contribution < -0.4 is 10.6 Å². The second-order valence-corrected chi connectivity index (χ2v) is 6.03. The lowest BCUT2D eigenvalue weighted by molar-refractivity contribution is -0.384. The van der Waals surface area contributed by atoms with Crippen LogP contribution in [0.25, 0.3) is 0 Å². The summed E-state index contributed by atoms with van der Waals surface area (Å²) in [5.74, 6) is -0.314. The van der Waals surface area contributed by atoms with Gasteiger partial charge in [-0.15, -0.1) is 0 Å². The molecule has 0 aliphatic heterocycles. The van der Waals surface area contributed by atoms with Gasteiger partial charge in [0.05, 0.1) is 10.5 Å². The number of carbonyl (C=O) groups excluding carboxylic acids is 1. The molecule has 1 amide bonds. The molecule has 2 aromatic carbocycles. The van der Waals surface area contributed by atoms with Gasteiger partial charge >= 0.3 is 6.18 Å². The SMILES string of the molecule is Cc1ccc(C)c(NC(=O)CCNc2ccc(C(F)(F)F)cc2[N+](=O)[O-])c1. The van der Waals surface area contributed by atoms with Crippen molar-refractivity contribution < 1.29 is 22.9 Å². The van der Waals surface area contributed by atoms with Crippen molar-refractivity contribution in [2.24, 2.45) is 0 Å². The van der Waals surface area contributed by atoms with Gasteiger partial charge in [-0.05, 0) is 43.2 Å². The zero-order valence-corrected chi connectivity index (χ0v) is 14.7. The summed E-state index contributed by atoms with van der Waals surface area (Å²) in [4.78, 5) is 22.2. The fourth-order valence-electron chi connectivity index (χ4n) is 2.40. The molecule has 0 heterocycles. The molecule has 2 rings (SSSR count). The molecule has 27 heavy (non-hydrogen) atoms. The summed E-state index contributed by atoms with van der Waals surface area (Å²) < 4.78 is 38.1. The predicted octanol–water partition coefficient (Wildman–Crippen LogP) is 4.67. The third kappa shape index (κ3) is 5.44. The first-order valence-corrected chi connectivity index (χ1v) is 8.04. The minimum absolute atomic E-state index is 0.00837. The zero-order chi connectivity index (χ0) is 20.2. The van der Waals surface area contributed by atoms with Crippen LogP contribution in [0.5, 0.6) is 0 Å². The van der Waals surface area contributed by atoms with Crippen LogP contribution in [0, 0.1) is 24.0 Å². The quantitative estimate of drug-likeness (QED) is 0.562. The summed E-state index contributed by atoms with van der Waals surface area (Å²) >= 11 is 0. The normalized spacial score (nSPS) is 11.1. The molecule has 0 unspecified atom stereocenters. The minimum Gasteiger partial charge on any atom is -0.379 e. The van der Waals surface area contributed by atoms with E-state index in [0.29, 0.717) is 11.8 Å². The van der Waals surface area contributed by atoms with E-state index < -0.39 is 22.4 Å². The van der Waals surface area contributed by atoms with E-state index in [0.717, 1.165) is 23.3 Å². The monoisotopic (exact) mass is 381 g/mol. The summed E-state index contributed by atoms with van der Waals surface area (Å²) in [7, 11) is 0. The highest BCUT2D eigenvalue weighted by atomic mass is 19.4. The van der Waals surface area contributed by atoms with Crippen molar-refractivity contribution in [2.75, 3.05) is 17.2 Å². The van der Waals surface area contributed by atoms with E-state index in [1.54, 1.807) is 0 Å². The van der Waals surface area contributed by atoms with Crippen LogP contribution in [0.15, 0.2) is 36.4 Å². The number of nitro groups is 1. The lowest BCUT2D eigenvalue weighted by Gasteiger charge is -2.12. The van der Waals surface area contributed by atoms with Gasteiger partial charge in [-0.2, -0.15) is 13.2 Å². The molecule has 0 aliphatic rings. The largest absolute Gasteiger partial charge is 0.416 e. The van der Waals surface area contributed by atoms with Crippen molar-refractivity contribution in [3.05, 3.63) is 63.2 Å². The highest BCUT2D eigenvalue weighted by molar-refractivity contribution is 5.91. The van der Waals surface area contributed by atoms with E-state index >= 15 is 0 Å². The Bertz CT molecular complexity index is 867. The fraction of sp³-hybridized carbons (Fsp3) is 0.278. The first-order valence-electron chi connectivity index (χ1n) is 8.04. The van der Waals surface area contributed by atoms with Gasteiger partial charge in [-0.1, -0.05) is 12.1 Å². The maximum atomic E-state index is 12.7. The average Bonchev–Trinajstić information content (AvgIpc) is 2.57. The number of anilines is 2. The number of benzene rings is 2. The Kier molecular flexibility index (Phi) is 6.04. The second kappa shape index (κ2) is 8.07. The highest BCUT2D eigenvalue weighted by Gasteiger charge is 2.33. The Balaban J connectivity index is 2.01. The number of carbonyl (C=O) groups is 1. The molecule has 0 bridgehead atoms. The van der Waals surface area contributed by atoms with E-state index in [1.807, 2.05) is 32.0 Å². The molecule has 144 valence electrons. The number of hydrogen-bond acceptors (Lipinski definition) is 4. The molecule has 0 radical (unpaired) electrons. The molecule has 9 heteroatoms. The summed E-state index contributed by atoms with van der Waals surface area (Å²) in [5.41, 5.74) is 0.662. The molecular weight excluding hydrogens is 363 g/mol. The van der Waals surface area contributed by atoms with Crippen molar-refractivity contribution in [1.29, 1.82) is 0 Å². The maximum absolute atomic E-state index is 12.7. The van der Waals surface area contributed by atoms with E-state index in [4.69, 9.17) is 0 Å². The van der Waals surface area contributed by atoms with Crippen LogP contribution in [0.4, 0.5) is 30.2 Å². The molecule has 0 aromatic heterocycles. The molecule has 0 spiro atoms. The first-order chi connectivity index (χ1) is 12.6. The summed E-state index contributed by atoms with van der Waals surface area (Å²) in [6.07, 6.45) is -4.68. The lowest BCUT2D eigenvalue weighted by atomic mass is 10.1. The van der Waals surface area contributed by atoms with Crippen molar-refractivity contribution in [3.63, 3.8) is 0 Å². The van der Waals surface area contributed by atoms with Gasteiger partial charge in [0.1, 0.15) is 5.69 Å². The Morgan fingerprint density at radius 2 is 1.81 bits per heavy atom. The predicted molar refractivity (Wildman–Crippen MR) is 95.8 cm³/mol. The molecule has 0 saturated heterocycles. The van der Waals surface area contributed by atoms with Gasteiger partial charge in [-0.25, -0.2) is 0 Å². The number of aryl methyl sites for hydroxylation is 2. The van der Waals surface area contributed by atoms with Gasteiger partial charge in [0, 0.05) is 24.7 Å². The highest BCUT2D eigenvalue weighted by Crippen LogP contribution is 2.34. The standard InChI is InChI=1S/C18H18F3N3O3/c1-11-3-4-12(2)15(9-11)23-17(25)7-8-22-14-6-5-13(18(19,20)21)10-16(14)24(26)27/h3-6,9-10,22H,7-8H2,1-2H3,(H,23,25). The summed E-state index contributed by atoms with van der Waals surface area (Å²) in [5, 5.41) is 16.4. The lowest BCUT2D eigenvalue weighted by Crippen LogP contribution is -2.17. The fourth-order valence-corrected chi connectivity index (χ4v) is 2.40. The van der Waals surface area contributed by atoms with Gasteiger partial charge in [0.25, 0.3) is 5.69 Å². The van der Waals surface area contributed by atoms with Crippen molar-refractivity contribution in [2.45, 2.75) is 26.4 Å². The number of hydrogen-bond donors (Lipinski definition) is 2. The van der Waals surface area contributed by atoms with E-state index in [1.165, 1.54) is 0 Å². The van der Waals surface area contributed by atoms with Gasteiger partial charge in [-0.3, -0.25) is 14.9 Å². The van der Waals surface area contributed by atoms with Crippen LogP contribution in [-0.2, 0) is 11.0 Å². The van der Waals surface area contributed by atoms with E-state index in [9.17, 15) is 28.1 Å². The van der Waals surface area contributed by atoms with Crippen LogP contribution in [0.1, 0.15) is 23.1 Å². The zero-order valence-electron chi connectivity index (χ0n) is 14.7. The molecule has 6 nitrogen and oxygen atoms in total. The molecule has 2 aromatic rings. The maximum Gasteiger partial charge on any atom is 0.416 e. The van der Waals surface area contributed by atoms with E-state index in [2.05, 4.69) is 10.6 Å².